The molecule has 0 aliphatic heterocycles. The van der Waals surface area contributed by atoms with Crippen LogP contribution >= 0.6 is 0 Å². The van der Waals surface area contributed by atoms with E-state index in [1.807, 2.05) is 39.8 Å². The van der Waals surface area contributed by atoms with Crippen LogP contribution < -0.4 is 0 Å². The Balaban J connectivity index is 0.00000227. The standard InChI is InChI=1S/C26H42O2.2C2H6/c1-7-20(19-25(4,5)6)21-15-17-22(18-16-21)24(27)28-26(8-2,9-3)23-13-11-10-12-14-23;2*1-2/h15-18,20,23H,7-14,19H2,1-6H3;2*1-2H3. The van der Waals surface area contributed by atoms with Crippen molar-refractivity contribution < 1.29 is 9.53 Å². The van der Waals surface area contributed by atoms with E-state index in [-0.39, 0.29) is 11.6 Å². The Hall–Kier alpha value is -1.31. The molecular weight excluding hydrogens is 392 g/mol. The molecular formula is C30H54O2. The number of ether oxygens (including phenoxy) is 1. The lowest BCUT2D eigenvalue weighted by Crippen LogP contribution is -2.42. The van der Waals surface area contributed by atoms with Gasteiger partial charge >= 0.3 is 5.97 Å². The van der Waals surface area contributed by atoms with Crippen molar-refractivity contribution >= 4 is 5.97 Å². The fourth-order valence-corrected chi connectivity index (χ4v) is 5.06. The molecule has 1 fully saturated rings. The van der Waals surface area contributed by atoms with Gasteiger partial charge in [-0.25, -0.2) is 4.79 Å². The molecule has 0 radical (unpaired) electrons. The van der Waals surface area contributed by atoms with E-state index in [2.05, 4.69) is 53.7 Å². The van der Waals surface area contributed by atoms with Crippen LogP contribution in [0.15, 0.2) is 24.3 Å². The largest absolute Gasteiger partial charge is 0.455 e. The average Bonchev–Trinajstić information content (AvgIpc) is 2.83. The number of carbonyl (C=O) groups excluding carboxylic acids is 1. The van der Waals surface area contributed by atoms with E-state index in [9.17, 15) is 4.79 Å². The SMILES string of the molecule is CC.CC.CCC(CC(C)(C)C)c1ccc(C(=O)OC(CC)(CC)C2CCCCC2)cc1. The highest BCUT2D eigenvalue weighted by atomic mass is 16.6. The van der Waals surface area contributed by atoms with Gasteiger partial charge in [0.1, 0.15) is 5.60 Å². The average molecular weight is 447 g/mol. The number of rotatable bonds is 8. The molecule has 1 saturated carbocycles. The van der Waals surface area contributed by atoms with Gasteiger partial charge in [-0.2, -0.15) is 0 Å². The Morgan fingerprint density at radius 1 is 0.906 bits per heavy atom. The van der Waals surface area contributed by atoms with Crippen LogP contribution in [0.4, 0.5) is 0 Å². The third kappa shape index (κ3) is 9.28. The minimum atomic E-state index is -0.297. The molecule has 1 atom stereocenters. The summed E-state index contributed by atoms with van der Waals surface area (Å²) in [5.74, 6) is 0.901. The summed E-state index contributed by atoms with van der Waals surface area (Å²) in [6, 6.07) is 8.22. The Kier molecular flexibility index (Phi) is 14.9. The number of benzene rings is 1. The first kappa shape index (κ1) is 30.7. The molecule has 0 bridgehead atoms. The summed E-state index contributed by atoms with van der Waals surface area (Å²) < 4.78 is 6.23. The second-order valence-electron chi connectivity index (χ2n) is 9.99. The van der Waals surface area contributed by atoms with Gasteiger partial charge in [0.2, 0.25) is 0 Å². The van der Waals surface area contributed by atoms with Gasteiger partial charge in [-0.05, 0) is 73.5 Å². The van der Waals surface area contributed by atoms with Gasteiger partial charge < -0.3 is 4.74 Å². The lowest BCUT2D eigenvalue weighted by atomic mass is 9.74. The molecule has 1 aromatic carbocycles. The maximum absolute atomic E-state index is 13.0. The molecule has 1 aliphatic carbocycles. The van der Waals surface area contributed by atoms with Crippen LogP contribution in [0, 0.1) is 11.3 Å². The molecule has 0 amide bonds. The Bertz CT molecular complexity index is 599. The van der Waals surface area contributed by atoms with Crippen molar-refractivity contribution in [3.8, 4) is 0 Å². The highest BCUT2D eigenvalue weighted by Gasteiger charge is 2.40. The lowest BCUT2D eigenvalue weighted by molar-refractivity contribution is -0.0657. The summed E-state index contributed by atoms with van der Waals surface area (Å²) in [7, 11) is 0. The zero-order valence-electron chi connectivity index (χ0n) is 23.1. The maximum atomic E-state index is 13.0. The molecule has 2 nitrogen and oxygen atoms in total. The van der Waals surface area contributed by atoms with E-state index in [4.69, 9.17) is 4.74 Å². The van der Waals surface area contributed by atoms with Crippen LogP contribution in [0.1, 0.15) is 149 Å². The molecule has 2 heteroatoms. The van der Waals surface area contributed by atoms with E-state index in [0.29, 0.717) is 22.8 Å². The monoisotopic (exact) mass is 446 g/mol. The molecule has 0 saturated heterocycles. The van der Waals surface area contributed by atoms with Crippen LogP contribution in [0.3, 0.4) is 0 Å². The second kappa shape index (κ2) is 15.5. The van der Waals surface area contributed by atoms with Gasteiger partial charge in [0.15, 0.2) is 0 Å². The minimum absolute atomic E-state index is 0.148. The van der Waals surface area contributed by atoms with E-state index < -0.39 is 0 Å². The van der Waals surface area contributed by atoms with E-state index in [1.54, 1.807) is 0 Å². The van der Waals surface area contributed by atoms with Gasteiger partial charge in [0.05, 0.1) is 5.56 Å². The highest BCUT2D eigenvalue weighted by Crippen LogP contribution is 2.40. The quantitative estimate of drug-likeness (QED) is 0.371. The first-order valence-electron chi connectivity index (χ1n) is 13.6. The topological polar surface area (TPSA) is 26.3 Å². The van der Waals surface area contributed by atoms with Gasteiger partial charge in [-0.15, -0.1) is 0 Å². The summed E-state index contributed by atoms with van der Waals surface area (Å²) in [5.41, 5.74) is 2.03. The molecule has 0 spiro atoms. The summed E-state index contributed by atoms with van der Waals surface area (Å²) in [5, 5.41) is 0. The van der Waals surface area contributed by atoms with Crippen LogP contribution in [0.5, 0.6) is 0 Å². The predicted octanol–water partition coefficient (Wildman–Crippen LogP) is 9.96. The second-order valence-corrected chi connectivity index (χ2v) is 9.99. The highest BCUT2D eigenvalue weighted by molar-refractivity contribution is 5.89. The first-order chi connectivity index (χ1) is 15.2. The third-order valence-corrected chi connectivity index (χ3v) is 6.81. The Morgan fingerprint density at radius 3 is 1.81 bits per heavy atom. The number of hydrogen-bond acceptors (Lipinski definition) is 2. The van der Waals surface area contributed by atoms with Crippen LogP contribution in [0.2, 0.25) is 0 Å². The fourth-order valence-electron chi connectivity index (χ4n) is 5.06. The van der Waals surface area contributed by atoms with Gasteiger partial charge in [-0.3, -0.25) is 0 Å². The van der Waals surface area contributed by atoms with Crippen molar-refractivity contribution in [3.63, 3.8) is 0 Å². The van der Waals surface area contributed by atoms with Crippen LogP contribution in [-0.2, 0) is 4.74 Å². The van der Waals surface area contributed by atoms with Crippen molar-refractivity contribution in [3.05, 3.63) is 35.4 Å². The van der Waals surface area contributed by atoms with Gasteiger partial charge in [0, 0.05) is 0 Å². The Labute approximate surface area is 200 Å². The number of esters is 1. The van der Waals surface area contributed by atoms with Crippen LogP contribution in [0.25, 0.3) is 0 Å². The molecule has 0 heterocycles. The maximum Gasteiger partial charge on any atom is 0.338 e. The zero-order chi connectivity index (χ0) is 24.8. The van der Waals surface area contributed by atoms with Crippen molar-refractivity contribution in [1.29, 1.82) is 0 Å². The molecule has 1 aromatic rings. The van der Waals surface area contributed by atoms with Crippen molar-refractivity contribution in [2.75, 3.05) is 0 Å². The smallest absolute Gasteiger partial charge is 0.338 e. The van der Waals surface area contributed by atoms with E-state index in [0.717, 1.165) is 25.7 Å². The van der Waals surface area contributed by atoms with Crippen molar-refractivity contribution in [2.24, 2.45) is 11.3 Å². The van der Waals surface area contributed by atoms with Gasteiger partial charge in [-0.1, -0.05) is 101 Å². The minimum Gasteiger partial charge on any atom is -0.455 e. The number of carbonyl (C=O) groups is 1. The summed E-state index contributed by atoms with van der Waals surface area (Å²) >= 11 is 0. The van der Waals surface area contributed by atoms with Crippen LogP contribution in [-0.4, -0.2) is 11.6 Å². The zero-order valence-corrected chi connectivity index (χ0v) is 23.1. The predicted molar refractivity (Wildman–Crippen MR) is 142 cm³/mol. The normalized spacial score (nSPS) is 15.6. The fraction of sp³-hybridized carbons (Fsp3) is 0.767. The Morgan fingerprint density at radius 2 is 1.41 bits per heavy atom. The molecule has 32 heavy (non-hydrogen) atoms. The molecule has 1 unspecified atom stereocenters. The molecule has 0 N–H and O–H groups in total. The van der Waals surface area contributed by atoms with Crippen molar-refractivity contribution in [1.82, 2.24) is 0 Å². The first-order valence-corrected chi connectivity index (χ1v) is 13.6. The molecule has 2 rings (SSSR count). The number of hydrogen-bond donors (Lipinski definition) is 0. The molecule has 0 aromatic heterocycles. The van der Waals surface area contributed by atoms with Crippen molar-refractivity contribution in [2.45, 2.75) is 139 Å². The van der Waals surface area contributed by atoms with E-state index >= 15 is 0 Å². The van der Waals surface area contributed by atoms with E-state index in [1.165, 1.54) is 37.7 Å². The molecule has 186 valence electrons. The third-order valence-electron chi connectivity index (χ3n) is 6.81. The summed E-state index contributed by atoms with van der Waals surface area (Å²) in [4.78, 5) is 13.0. The summed E-state index contributed by atoms with van der Waals surface area (Å²) in [6.07, 6.45) is 10.3. The summed E-state index contributed by atoms with van der Waals surface area (Å²) in [6.45, 7) is 21.5. The molecule has 1 aliphatic rings. The lowest BCUT2D eigenvalue weighted by Gasteiger charge is -2.41. The van der Waals surface area contributed by atoms with Gasteiger partial charge in [0.25, 0.3) is 0 Å².